The smallest absolute Gasteiger partial charge is 0.415 e. The summed E-state index contributed by atoms with van der Waals surface area (Å²) in [4.78, 5) is 28.1. The number of hydrogen-bond acceptors (Lipinski definition) is 4. The van der Waals surface area contributed by atoms with E-state index in [4.69, 9.17) is 9.47 Å². The highest BCUT2D eigenvalue weighted by Gasteiger charge is 2.25. The van der Waals surface area contributed by atoms with E-state index in [0.717, 1.165) is 11.3 Å². The van der Waals surface area contributed by atoms with Crippen molar-refractivity contribution in [1.29, 1.82) is 0 Å². The number of hydrogen-bond donors (Lipinski definition) is 0. The fraction of sp³-hybridized carbons (Fsp3) is 0.333. The van der Waals surface area contributed by atoms with Gasteiger partial charge in [0.05, 0.1) is 13.0 Å². The van der Waals surface area contributed by atoms with E-state index in [-0.39, 0.29) is 12.0 Å². The average Bonchev–Trinajstić information content (AvgIpc) is 2.70. The van der Waals surface area contributed by atoms with Crippen molar-refractivity contribution in [3.8, 4) is 11.5 Å². The van der Waals surface area contributed by atoms with Crippen molar-refractivity contribution >= 4 is 12.0 Å². The molecule has 0 unspecified atom stereocenters. The number of carbonyl (C=O) groups is 2. The molecule has 0 radical (unpaired) electrons. The van der Waals surface area contributed by atoms with Gasteiger partial charge >= 0.3 is 6.09 Å². The summed E-state index contributed by atoms with van der Waals surface area (Å²) < 4.78 is 10.8. The first-order valence-electron chi connectivity index (χ1n) is 9.17. The second-order valence-corrected chi connectivity index (χ2v) is 6.30. The summed E-state index contributed by atoms with van der Waals surface area (Å²) in [7, 11) is 0. The normalized spacial score (nSPS) is 14.0. The van der Waals surface area contributed by atoms with Crippen LogP contribution in [0.2, 0.25) is 0 Å². The van der Waals surface area contributed by atoms with Crippen molar-refractivity contribution in [1.82, 2.24) is 9.80 Å². The molecule has 6 nitrogen and oxygen atoms in total. The van der Waals surface area contributed by atoms with Crippen molar-refractivity contribution < 1.29 is 19.1 Å². The Kier molecular flexibility index (Phi) is 6.30. The molecular formula is C21H24N2O4. The summed E-state index contributed by atoms with van der Waals surface area (Å²) in [6, 6.07) is 16.6. The molecule has 0 bridgehead atoms. The summed E-state index contributed by atoms with van der Waals surface area (Å²) >= 11 is 0. The fourth-order valence-electron chi connectivity index (χ4n) is 2.95. The minimum absolute atomic E-state index is 0.0650. The topological polar surface area (TPSA) is 59.1 Å². The first-order valence-corrected chi connectivity index (χ1v) is 9.17. The van der Waals surface area contributed by atoms with Gasteiger partial charge in [0.1, 0.15) is 11.5 Å². The lowest BCUT2D eigenvalue weighted by Gasteiger charge is -2.34. The molecule has 0 atom stereocenters. The molecule has 0 N–H and O–H groups in total. The quantitative estimate of drug-likeness (QED) is 0.814. The Morgan fingerprint density at radius 2 is 1.48 bits per heavy atom. The van der Waals surface area contributed by atoms with Crippen LogP contribution in [-0.2, 0) is 11.2 Å². The fourth-order valence-corrected chi connectivity index (χ4v) is 2.95. The third-order valence-electron chi connectivity index (χ3n) is 4.43. The van der Waals surface area contributed by atoms with Crippen LogP contribution in [-0.4, -0.2) is 54.6 Å². The lowest BCUT2D eigenvalue weighted by Crippen LogP contribution is -2.51. The number of amides is 2. The molecule has 2 amide bonds. The van der Waals surface area contributed by atoms with Gasteiger partial charge in [-0.2, -0.15) is 0 Å². The van der Waals surface area contributed by atoms with Gasteiger partial charge in [0, 0.05) is 26.2 Å². The van der Waals surface area contributed by atoms with Crippen molar-refractivity contribution in [3.63, 3.8) is 0 Å². The Hall–Kier alpha value is -3.02. The highest BCUT2D eigenvalue weighted by Crippen LogP contribution is 2.15. The molecule has 0 spiro atoms. The van der Waals surface area contributed by atoms with Crippen LogP contribution in [0.3, 0.4) is 0 Å². The predicted molar refractivity (Wildman–Crippen MR) is 102 cm³/mol. The lowest BCUT2D eigenvalue weighted by molar-refractivity contribution is -0.132. The maximum Gasteiger partial charge on any atom is 0.415 e. The number of benzene rings is 2. The first kappa shape index (κ1) is 18.8. The molecule has 2 aromatic carbocycles. The summed E-state index contributed by atoms with van der Waals surface area (Å²) in [5.41, 5.74) is 0.953. The molecule has 142 valence electrons. The molecule has 0 aliphatic carbocycles. The summed E-state index contributed by atoms with van der Waals surface area (Å²) in [5.74, 6) is 1.39. The van der Waals surface area contributed by atoms with Crippen LogP contribution >= 0.6 is 0 Å². The zero-order chi connectivity index (χ0) is 19.1. The molecule has 0 aromatic heterocycles. The van der Waals surface area contributed by atoms with E-state index in [1.165, 1.54) is 0 Å². The Labute approximate surface area is 159 Å². The Morgan fingerprint density at radius 3 is 2.11 bits per heavy atom. The molecule has 1 heterocycles. The zero-order valence-corrected chi connectivity index (χ0v) is 15.5. The van der Waals surface area contributed by atoms with Gasteiger partial charge in [-0.05, 0) is 36.8 Å². The molecule has 27 heavy (non-hydrogen) atoms. The molecule has 1 saturated heterocycles. The SMILES string of the molecule is CCOc1ccc(CC(=O)N2CCN(C(=O)Oc3ccccc3)CC2)cc1. The van der Waals surface area contributed by atoms with Crippen LogP contribution < -0.4 is 9.47 Å². The maximum absolute atomic E-state index is 12.5. The van der Waals surface area contributed by atoms with E-state index in [1.54, 1.807) is 21.9 Å². The third kappa shape index (κ3) is 5.23. The van der Waals surface area contributed by atoms with Gasteiger partial charge in [0.2, 0.25) is 5.91 Å². The van der Waals surface area contributed by atoms with Gasteiger partial charge in [-0.15, -0.1) is 0 Å². The molecule has 2 aromatic rings. The molecule has 1 aliphatic rings. The van der Waals surface area contributed by atoms with Gasteiger partial charge in [0.15, 0.2) is 0 Å². The highest BCUT2D eigenvalue weighted by atomic mass is 16.6. The Balaban J connectivity index is 1.46. The Morgan fingerprint density at radius 1 is 0.852 bits per heavy atom. The van der Waals surface area contributed by atoms with Crippen LogP contribution in [0.4, 0.5) is 4.79 Å². The maximum atomic E-state index is 12.5. The van der Waals surface area contributed by atoms with Crippen LogP contribution in [0.5, 0.6) is 11.5 Å². The van der Waals surface area contributed by atoms with Gasteiger partial charge in [-0.1, -0.05) is 30.3 Å². The second-order valence-electron chi connectivity index (χ2n) is 6.30. The van der Waals surface area contributed by atoms with Gasteiger partial charge in [-0.3, -0.25) is 4.79 Å². The van der Waals surface area contributed by atoms with Crippen molar-refractivity contribution in [2.24, 2.45) is 0 Å². The first-order chi connectivity index (χ1) is 13.2. The van der Waals surface area contributed by atoms with E-state index in [0.29, 0.717) is 45.0 Å². The van der Waals surface area contributed by atoms with Crippen LogP contribution in [0.1, 0.15) is 12.5 Å². The van der Waals surface area contributed by atoms with E-state index in [9.17, 15) is 9.59 Å². The Bertz CT molecular complexity index is 754. The van der Waals surface area contributed by atoms with Crippen LogP contribution in [0, 0.1) is 0 Å². The molecule has 3 rings (SSSR count). The highest BCUT2D eigenvalue weighted by molar-refractivity contribution is 5.79. The van der Waals surface area contributed by atoms with Crippen molar-refractivity contribution in [3.05, 3.63) is 60.2 Å². The zero-order valence-electron chi connectivity index (χ0n) is 15.5. The largest absolute Gasteiger partial charge is 0.494 e. The number of carbonyl (C=O) groups excluding carboxylic acids is 2. The monoisotopic (exact) mass is 368 g/mol. The lowest BCUT2D eigenvalue weighted by atomic mass is 10.1. The van der Waals surface area contributed by atoms with E-state index < -0.39 is 0 Å². The standard InChI is InChI=1S/C21H24N2O4/c1-2-26-18-10-8-17(9-11-18)16-20(24)22-12-14-23(15-13-22)21(25)27-19-6-4-3-5-7-19/h3-11H,2,12-16H2,1H3. The van der Waals surface area contributed by atoms with Crippen molar-refractivity contribution in [2.45, 2.75) is 13.3 Å². The molecule has 1 fully saturated rings. The molecule has 1 aliphatic heterocycles. The third-order valence-corrected chi connectivity index (χ3v) is 4.43. The molecule has 0 saturated carbocycles. The minimum Gasteiger partial charge on any atom is -0.494 e. The van der Waals surface area contributed by atoms with Gasteiger partial charge < -0.3 is 19.3 Å². The van der Waals surface area contributed by atoms with Gasteiger partial charge in [0.25, 0.3) is 0 Å². The number of nitrogens with zero attached hydrogens (tertiary/aromatic N) is 2. The van der Waals surface area contributed by atoms with E-state index >= 15 is 0 Å². The number of ether oxygens (including phenoxy) is 2. The van der Waals surface area contributed by atoms with Crippen LogP contribution in [0.25, 0.3) is 0 Å². The molecular weight excluding hydrogens is 344 g/mol. The average molecular weight is 368 g/mol. The second kappa shape index (κ2) is 9.07. The summed E-state index contributed by atoms with van der Waals surface area (Å²) in [5, 5.41) is 0. The van der Waals surface area contributed by atoms with E-state index in [2.05, 4.69) is 0 Å². The predicted octanol–water partition coefficient (Wildman–Crippen LogP) is 2.97. The van der Waals surface area contributed by atoms with E-state index in [1.807, 2.05) is 49.4 Å². The number of rotatable bonds is 5. The van der Waals surface area contributed by atoms with Crippen LogP contribution in [0.15, 0.2) is 54.6 Å². The minimum atomic E-state index is -0.375. The van der Waals surface area contributed by atoms with Crippen molar-refractivity contribution in [2.75, 3.05) is 32.8 Å². The summed E-state index contributed by atoms with van der Waals surface area (Å²) in [6.07, 6.45) is -0.0271. The molecule has 6 heteroatoms. The summed E-state index contributed by atoms with van der Waals surface area (Å²) in [6.45, 7) is 4.53. The number of para-hydroxylation sites is 1. The van der Waals surface area contributed by atoms with Gasteiger partial charge in [-0.25, -0.2) is 4.79 Å². The number of piperazine rings is 1.